The van der Waals surface area contributed by atoms with Gasteiger partial charge in [0.2, 0.25) is 0 Å². The normalized spacial score (nSPS) is 18.2. The van der Waals surface area contributed by atoms with Crippen molar-refractivity contribution in [1.29, 1.82) is 0 Å². The zero-order valence-corrected chi connectivity index (χ0v) is 9.53. The van der Waals surface area contributed by atoms with E-state index >= 15 is 0 Å². The summed E-state index contributed by atoms with van der Waals surface area (Å²) < 4.78 is 0. The van der Waals surface area contributed by atoms with E-state index in [-0.39, 0.29) is 6.04 Å². The molecule has 1 fully saturated rings. The Bertz CT molecular complexity index is 341. The van der Waals surface area contributed by atoms with Crippen LogP contribution in [0.25, 0.3) is 0 Å². The Hall–Kier alpha value is -1.09. The minimum absolute atomic E-state index is 0.0742. The Morgan fingerprint density at radius 1 is 1.33 bits per heavy atom. The number of aromatic nitrogens is 1. The SMILES string of the molecule is Cc1nc(N2CCCC2)ccc1[C@@H](C)N. The van der Waals surface area contributed by atoms with Gasteiger partial charge in [0.15, 0.2) is 0 Å². The largest absolute Gasteiger partial charge is 0.357 e. The van der Waals surface area contributed by atoms with Gasteiger partial charge in [-0.2, -0.15) is 0 Å². The third kappa shape index (κ3) is 2.12. The molecule has 0 radical (unpaired) electrons. The Morgan fingerprint density at radius 3 is 2.53 bits per heavy atom. The molecule has 1 saturated heterocycles. The number of nitrogens with zero attached hydrogens (tertiary/aromatic N) is 2. The lowest BCUT2D eigenvalue weighted by Crippen LogP contribution is -2.20. The second-order valence-corrected chi connectivity index (χ2v) is 4.33. The summed E-state index contributed by atoms with van der Waals surface area (Å²) in [6.45, 7) is 6.33. The van der Waals surface area contributed by atoms with Gasteiger partial charge in [-0.25, -0.2) is 4.98 Å². The highest BCUT2D eigenvalue weighted by Crippen LogP contribution is 2.21. The zero-order chi connectivity index (χ0) is 10.8. The van der Waals surface area contributed by atoms with Gasteiger partial charge < -0.3 is 10.6 Å². The smallest absolute Gasteiger partial charge is 0.128 e. The number of anilines is 1. The summed E-state index contributed by atoms with van der Waals surface area (Å²) in [6, 6.07) is 4.28. The Labute approximate surface area is 91.3 Å². The molecule has 1 aliphatic heterocycles. The molecular formula is C12H19N3. The van der Waals surface area contributed by atoms with Crippen LogP contribution in [-0.2, 0) is 0 Å². The number of hydrogen-bond acceptors (Lipinski definition) is 3. The van der Waals surface area contributed by atoms with E-state index in [1.165, 1.54) is 12.8 Å². The molecule has 1 aromatic heterocycles. The molecule has 0 aliphatic carbocycles. The molecule has 0 aromatic carbocycles. The van der Waals surface area contributed by atoms with Gasteiger partial charge in [0.05, 0.1) is 0 Å². The lowest BCUT2D eigenvalue weighted by atomic mass is 10.1. The van der Waals surface area contributed by atoms with Crippen molar-refractivity contribution in [3.8, 4) is 0 Å². The van der Waals surface area contributed by atoms with Crippen molar-refractivity contribution in [2.75, 3.05) is 18.0 Å². The number of nitrogens with two attached hydrogens (primary N) is 1. The lowest BCUT2D eigenvalue weighted by molar-refractivity contribution is 0.795. The predicted octanol–water partition coefficient (Wildman–Crippen LogP) is 2.01. The molecule has 15 heavy (non-hydrogen) atoms. The van der Waals surface area contributed by atoms with Gasteiger partial charge in [-0.3, -0.25) is 0 Å². The Kier molecular flexibility index (Phi) is 2.91. The average molecular weight is 205 g/mol. The number of rotatable bonds is 2. The topological polar surface area (TPSA) is 42.2 Å². The fourth-order valence-electron chi connectivity index (χ4n) is 2.16. The molecule has 2 rings (SSSR count). The summed E-state index contributed by atoms with van der Waals surface area (Å²) >= 11 is 0. The van der Waals surface area contributed by atoms with E-state index in [0.29, 0.717) is 0 Å². The molecule has 0 amide bonds. The van der Waals surface area contributed by atoms with E-state index in [0.717, 1.165) is 30.2 Å². The van der Waals surface area contributed by atoms with Gasteiger partial charge >= 0.3 is 0 Å². The minimum Gasteiger partial charge on any atom is -0.357 e. The maximum atomic E-state index is 5.86. The second-order valence-electron chi connectivity index (χ2n) is 4.33. The van der Waals surface area contributed by atoms with Crippen molar-refractivity contribution in [3.05, 3.63) is 23.4 Å². The molecule has 3 heteroatoms. The molecule has 1 aliphatic rings. The predicted molar refractivity (Wildman–Crippen MR) is 63.0 cm³/mol. The van der Waals surface area contributed by atoms with Crippen molar-refractivity contribution in [1.82, 2.24) is 4.98 Å². The maximum Gasteiger partial charge on any atom is 0.128 e. The maximum absolute atomic E-state index is 5.86. The highest BCUT2D eigenvalue weighted by atomic mass is 15.2. The fraction of sp³-hybridized carbons (Fsp3) is 0.583. The van der Waals surface area contributed by atoms with E-state index in [4.69, 9.17) is 5.73 Å². The first-order chi connectivity index (χ1) is 7.18. The van der Waals surface area contributed by atoms with Crippen molar-refractivity contribution in [2.45, 2.75) is 32.7 Å². The summed E-state index contributed by atoms with van der Waals surface area (Å²) in [7, 11) is 0. The number of hydrogen-bond donors (Lipinski definition) is 1. The Morgan fingerprint density at radius 2 is 2.00 bits per heavy atom. The van der Waals surface area contributed by atoms with Gasteiger partial charge in [-0.15, -0.1) is 0 Å². The van der Waals surface area contributed by atoms with E-state index < -0.39 is 0 Å². The summed E-state index contributed by atoms with van der Waals surface area (Å²) in [5, 5.41) is 0. The molecule has 0 bridgehead atoms. The molecule has 0 unspecified atom stereocenters. The first-order valence-electron chi connectivity index (χ1n) is 5.66. The molecule has 0 spiro atoms. The van der Waals surface area contributed by atoms with Crippen LogP contribution in [0.15, 0.2) is 12.1 Å². The molecule has 1 aromatic rings. The average Bonchev–Trinajstić information content (AvgIpc) is 2.69. The summed E-state index contributed by atoms with van der Waals surface area (Å²) in [5.74, 6) is 1.11. The van der Waals surface area contributed by atoms with Crippen LogP contribution in [-0.4, -0.2) is 18.1 Å². The van der Waals surface area contributed by atoms with Gasteiger partial charge in [0, 0.05) is 24.8 Å². The van der Waals surface area contributed by atoms with Crippen molar-refractivity contribution < 1.29 is 0 Å². The highest BCUT2D eigenvalue weighted by Gasteiger charge is 2.14. The van der Waals surface area contributed by atoms with Crippen LogP contribution in [0.2, 0.25) is 0 Å². The molecular weight excluding hydrogens is 186 g/mol. The molecule has 0 saturated carbocycles. The molecule has 3 nitrogen and oxygen atoms in total. The monoisotopic (exact) mass is 205 g/mol. The van der Waals surface area contributed by atoms with E-state index in [2.05, 4.69) is 22.0 Å². The van der Waals surface area contributed by atoms with E-state index in [9.17, 15) is 0 Å². The van der Waals surface area contributed by atoms with Crippen LogP contribution in [0.5, 0.6) is 0 Å². The van der Waals surface area contributed by atoms with Crippen molar-refractivity contribution in [2.24, 2.45) is 5.73 Å². The highest BCUT2D eigenvalue weighted by molar-refractivity contribution is 5.43. The van der Waals surface area contributed by atoms with Crippen LogP contribution in [0, 0.1) is 6.92 Å². The number of aryl methyl sites for hydroxylation is 1. The van der Waals surface area contributed by atoms with Gasteiger partial charge in [-0.05, 0) is 38.3 Å². The van der Waals surface area contributed by atoms with E-state index in [1.807, 2.05) is 13.8 Å². The van der Waals surface area contributed by atoms with E-state index in [1.54, 1.807) is 0 Å². The van der Waals surface area contributed by atoms with Crippen LogP contribution < -0.4 is 10.6 Å². The quantitative estimate of drug-likeness (QED) is 0.803. The molecule has 82 valence electrons. The Balaban J connectivity index is 2.24. The van der Waals surface area contributed by atoms with Crippen LogP contribution in [0.1, 0.15) is 37.1 Å². The third-order valence-corrected chi connectivity index (χ3v) is 3.03. The molecule has 2 heterocycles. The van der Waals surface area contributed by atoms with Gasteiger partial charge in [0.1, 0.15) is 5.82 Å². The number of pyridine rings is 1. The first kappa shape index (κ1) is 10.4. The van der Waals surface area contributed by atoms with Crippen molar-refractivity contribution in [3.63, 3.8) is 0 Å². The fourth-order valence-corrected chi connectivity index (χ4v) is 2.16. The summed E-state index contributed by atoms with van der Waals surface area (Å²) in [4.78, 5) is 6.97. The van der Waals surface area contributed by atoms with Crippen LogP contribution in [0.4, 0.5) is 5.82 Å². The van der Waals surface area contributed by atoms with Crippen molar-refractivity contribution >= 4 is 5.82 Å². The zero-order valence-electron chi connectivity index (χ0n) is 9.53. The minimum atomic E-state index is 0.0742. The van der Waals surface area contributed by atoms with Crippen LogP contribution in [0.3, 0.4) is 0 Å². The first-order valence-corrected chi connectivity index (χ1v) is 5.66. The second kappa shape index (κ2) is 4.19. The summed E-state index contributed by atoms with van der Waals surface area (Å²) in [6.07, 6.45) is 2.57. The summed E-state index contributed by atoms with van der Waals surface area (Å²) in [5.41, 5.74) is 8.08. The molecule has 2 N–H and O–H groups in total. The molecule has 1 atom stereocenters. The van der Waals surface area contributed by atoms with Crippen LogP contribution >= 0.6 is 0 Å². The standard InChI is InChI=1S/C12H19N3/c1-9(13)11-5-6-12(14-10(11)2)15-7-3-4-8-15/h5-6,9H,3-4,7-8,13H2,1-2H3/t9-/m1/s1. The van der Waals surface area contributed by atoms with Gasteiger partial charge in [-0.1, -0.05) is 6.07 Å². The lowest BCUT2D eigenvalue weighted by Gasteiger charge is -2.18. The third-order valence-electron chi connectivity index (χ3n) is 3.03. The van der Waals surface area contributed by atoms with Gasteiger partial charge in [0.25, 0.3) is 0 Å².